The minimum absolute atomic E-state index is 0.224. The summed E-state index contributed by atoms with van der Waals surface area (Å²) < 4.78 is 24.2. The number of hydrogen-bond acceptors (Lipinski definition) is 5. The molecule has 6 nitrogen and oxygen atoms in total. The van der Waals surface area contributed by atoms with Gasteiger partial charge in [-0.2, -0.15) is 0 Å². The zero-order valence-electron chi connectivity index (χ0n) is 12.0. The van der Waals surface area contributed by atoms with Crippen LogP contribution in [0.3, 0.4) is 0 Å². The van der Waals surface area contributed by atoms with Crippen LogP contribution in [0.2, 0.25) is 0 Å². The Morgan fingerprint density at radius 1 is 1.30 bits per heavy atom. The maximum absolute atomic E-state index is 11.1. The Kier molecular flexibility index (Phi) is 3.99. The minimum atomic E-state index is -2.88. The SMILES string of the molecule is Cc1nc(N)c2ncn(CCCCS(C)(=O)=O)c2c1C. The maximum Gasteiger partial charge on any atom is 0.151 e. The van der Waals surface area contributed by atoms with Crippen molar-refractivity contribution >= 4 is 26.7 Å². The molecule has 2 N–H and O–H groups in total. The molecule has 2 aromatic rings. The number of hydrogen-bond donors (Lipinski definition) is 1. The summed E-state index contributed by atoms with van der Waals surface area (Å²) in [5.74, 6) is 0.666. The van der Waals surface area contributed by atoms with E-state index in [1.165, 1.54) is 6.26 Å². The third kappa shape index (κ3) is 3.09. The number of nitrogens with zero attached hydrogens (tertiary/aromatic N) is 3. The van der Waals surface area contributed by atoms with Gasteiger partial charge in [0.25, 0.3) is 0 Å². The highest BCUT2D eigenvalue weighted by atomic mass is 32.2. The number of aryl methyl sites for hydroxylation is 3. The average Bonchev–Trinajstić information content (AvgIpc) is 2.75. The van der Waals surface area contributed by atoms with Crippen molar-refractivity contribution in [3.8, 4) is 0 Å². The third-order valence-electron chi connectivity index (χ3n) is 3.43. The number of nitrogen functional groups attached to an aromatic ring is 1. The van der Waals surface area contributed by atoms with E-state index in [-0.39, 0.29) is 5.75 Å². The van der Waals surface area contributed by atoms with E-state index >= 15 is 0 Å². The Bertz CT molecular complexity index is 734. The standard InChI is InChI=1S/C13H20N4O2S/c1-9-10(2)16-13(14)11-12(9)17(8-15-11)6-4-5-7-20(3,18)19/h8H,4-7H2,1-3H3,(H2,14,16). The summed E-state index contributed by atoms with van der Waals surface area (Å²) in [5, 5.41) is 0. The first kappa shape index (κ1) is 14.8. The maximum atomic E-state index is 11.1. The molecule has 2 aromatic heterocycles. The minimum Gasteiger partial charge on any atom is -0.382 e. The van der Waals surface area contributed by atoms with Gasteiger partial charge in [0.05, 0.1) is 11.8 Å². The van der Waals surface area contributed by atoms with Crippen LogP contribution in [0.25, 0.3) is 11.0 Å². The van der Waals surface area contributed by atoms with Crippen molar-refractivity contribution in [2.75, 3.05) is 17.7 Å². The molecule has 0 fully saturated rings. The van der Waals surface area contributed by atoms with E-state index in [9.17, 15) is 8.42 Å². The van der Waals surface area contributed by atoms with E-state index < -0.39 is 9.84 Å². The van der Waals surface area contributed by atoms with Crippen molar-refractivity contribution in [1.82, 2.24) is 14.5 Å². The van der Waals surface area contributed by atoms with E-state index in [2.05, 4.69) is 9.97 Å². The Labute approximate surface area is 118 Å². The van der Waals surface area contributed by atoms with Crippen molar-refractivity contribution in [1.29, 1.82) is 0 Å². The van der Waals surface area contributed by atoms with Gasteiger partial charge in [-0.15, -0.1) is 0 Å². The summed E-state index contributed by atoms with van der Waals surface area (Å²) in [5.41, 5.74) is 9.56. The summed E-state index contributed by atoms with van der Waals surface area (Å²) in [6.07, 6.45) is 4.45. The van der Waals surface area contributed by atoms with Crippen molar-refractivity contribution in [3.63, 3.8) is 0 Å². The molecule has 110 valence electrons. The van der Waals surface area contributed by atoms with Gasteiger partial charge < -0.3 is 10.3 Å². The van der Waals surface area contributed by atoms with Gasteiger partial charge in [0.2, 0.25) is 0 Å². The predicted molar refractivity (Wildman–Crippen MR) is 80.4 cm³/mol. The molecule has 0 aliphatic carbocycles. The van der Waals surface area contributed by atoms with Gasteiger partial charge in [-0.1, -0.05) is 0 Å². The second-order valence-corrected chi connectivity index (χ2v) is 7.44. The summed E-state index contributed by atoms with van der Waals surface area (Å²) in [6, 6.07) is 0. The van der Waals surface area contributed by atoms with Crippen LogP contribution < -0.4 is 5.73 Å². The van der Waals surface area contributed by atoms with E-state index in [0.29, 0.717) is 12.2 Å². The summed E-state index contributed by atoms with van der Waals surface area (Å²) in [6.45, 7) is 4.65. The molecular weight excluding hydrogens is 276 g/mol. The predicted octanol–water partition coefficient (Wildman–Crippen LogP) is 1.46. The number of aromatic nitrogens is 3. The quantitative estimate of drug-likeness (QED) is 0.843. The fourth-order valence-corrected chi connectivity index (χ4v) is 3.00. The zero-order chi connectivity index (χ0) is 14.9. The third-order valence-corrected chi connectivity index (χ3v) is 4.46. The summed E-state index contributed by atoms with van der Waals surface area (Å²) in [7, 11) is -2.88. The van der Waals surface area contributed by atoms with Crippen LogP contribution in [0.15, 0.2) is 6.33 Å². The van der Waals surface area contributed by atoms with E-state index in [1.54, 1.807) is 6.33 Å². The van der Waals surface area contributed by atoms with Gasteiger partial charge in [-0.3, -0.25) is 0 Å². The molecule has 0 radical (unpaired) electrons. The van der Waals surface area contributed by atoms with Crippen molar-refractivity contribution in [2.24, 2.45) is 0 Å². The summed E-state index contributed by atoms with van der Waals surface area (Å²) >= 11 is 0. The lowest BCUT2D eigenvalue weighted by atomic mass is 10.2. The van der Waals surface area contributed by atoms with Crippen LogP contribution in [0.1, 0.15) is 24.1 Å². The highest BCUT2D eigenvalue weighted by molar-refractivity contribution is 7.90. The molecule has 0 saturated heterocycles. The number of fused-ring (bicyclic) bond motifs is 1. The van der Waals surface area contributed by atoms with Crippen molar-refractivity contribution in [3.05, 3.63) is 17.6 Å². The molecule has 2 heterocycles. The number of unbranched alkanes of at least 4 members (excludes halogenated alkanes) is 1. The zero-order valence-corrected chi connectivity index (χ0v) is 12.9. The monoisotopic (exact) mass is 296 g/mol. The molecule has 2 rings (SSSR count). The Balaban J connectivity index is 2.19. The van der Waals surface area contributed by atoms with Gasteiger partial charge in [-0.05, 0) is 32.3 Å². The van der Waals surface area contributed by atoms with Gasteiger partial charge in [-0.25, -0.2) is 18.4 Å². The second-order valence-electron chi connectivity index (χ2n) is 5.18. The fraction of sp³-hybridized carbons (Fsp3) is 0.538. The average molecular weight is 296 g/mol. The topological polar surface area (TPSA) is 90.9 Å². The number of rotatable bonds is 5. The molecule has 7 heteroatoms. The van der Waals surface area contributed by atoms with Crippen molar-refractivity contribution in [2.45, 2.75) is 33.2 Å². The molecule has 0 aliphatic rings. The van der Waals surface area contributed by atoms with Crippen LogP contribution in [0, 0.1) is 13.8 Å². The molecule has 0 atom stereocenters. The number of anilines is 1. The fourth-order valence-electron chi connectivity index (χ4n) is 2.27. The second kappa shape index (κ2) is 5.40. The van der Waals surface area contributed by atoms with E-state index in [4.69, 9.17) is 5.73 Å². The first-order valence-electron chi connectivity index (χ1n) is 6.55. The lowest BCUT2D eigenvalue weighted by Gasteiger charge is -2.08. The van der Waals surface area contributed by atoms with Crippen LogP contribution >= 0.6 is 0 Å². The first-order chi connectivity index (χ1) is 9.29. The first-order valence-corrected chi connectivity index (χ1v) is 8.61. The molecule has 0 bridgehead atoms. The van der Waals surface area contributed by atoms with Gasteiger partial charge >= 0.3 is 0 Å². The number of sulfone groups is 1. The Morgan fingerprint density at radius 3 is 2.65 bits per heavy atom. The normalized spacial score (nSPS) is 12.2. The molecule has 0 unspecified atom stereocenters. The number of imidazole rings is 1. The Hall–Kier alpha value is -1.63. The van der Waals surface area contributed by atoms with Crippen LogP contribution in [-0.2, 0) is 16.4 Å². The van der Waals surface area contributed by atoms with Gasteiger partial charge in [0.1, 0.15) is 15.4 Å². The Morgan fingerprint density at radius 2 is 2.00 bits per heavy atom. The number of nitrogens with two attached hydrogens (primary N) is 1. The molecule has 0 aromatic carbocycles. The van der Waals surface area contributed by atoms with E-state index in [0.717, 1.165) is 35.3 Å². The van der Waals surface area contributed by atoms with E-state index in [1.807, 2.05) is 18.4 Å². The molecule has 0 saturated carbocycles. The molecule has 0 amide bonds. The largest absolute Gasteiger partial charge is 0.382 e. The van der Waals surface area contributed by atoms with Crippen LogP contribution in [0.4, 0.5) is 5.82 Å². The van der Waals surface area contributed by atoms with Gasteiger partial charge in [0.15, 0.2) is 5.82 Å². The molecule has 0 aliphatic heterocycles. The lowest BCUT2D eigenvalue weighted by Crippen LogP contribution is -2.06. The molecule has 20 heavy (non-hydrogen) atoms. The molecular formula is C13H20N4O2S. The van der Waals surface area contributed by atoms with Crippen LogP contribution in [-0.4, -0.2) is 35.0 Å². The highest BCUT2D eigenvalue weighted by Gasteiger charge is 2.12. The smallest absolute Gasteiger partial charge is 0.151 e. The van der Waals surface area contributed by atoms with Crippen molar-refractivity contribution < 1.29 is 8.42 Å². The van der Waals surface area contributed by atoms with Gasteiger partial charge in [0, 0.05) is 24.2 Å². The highest BCUT2D eigenvalue weighted by Crippen LogP contribution is 2.24. The summed E-state index contributed by atoms with van der Waals surface area (Å²) in [4.78, 5) is 8.57. The molecule has 0 spiro atoms. The van der Waals surface area contributed by atoms with Crippen LogP contribution in [0.5, 0.6) is 0 Å². The lowest BCUT2D eigenvalue weighted by molar-refractivity contribution is 0.590. The number of pyridine rings is 1.